The number of hydrogen-bond acceptors (Lipinski definition) is 4. The van der Waals surface area contributed by atoms with Gasteiger partial charge in [-0.05, 0) is 48.4 Å². The molecule has 9 heteroatoms. The zero-order chi connectivity index (χ0) is 26.2. The maximum atomic E-state index is 13.6. The molecule has 0 spiro atoms. The molecule has 2 heterocycles. The lowest BCUT2D eigenvalue weighted by atomic mass is 9.95. The van der Waals surface area contributed by atoms with Crippen molar-refractivity contribution in [3.05, 3.63) is 133 Å². The van der Waals surface area contributed by atoms with Gasteiger partial charge in [-0.3, -0.25) is 14.2 Å². The second-order valence-corrected chi connectivity index (χ2v) is 9.44. The Morgan fingerprint density at radius 1 is 0.973 bits per heavy atom. The van der Waals surface area contributed by atoms with E-state index in [4.69, 9.17) is 0 Å². The van der Waals surface area contributed by atoms with Gasteiger partial charge in [0.2, 0.25) is 0 Å². The van der Waals surface area contributed by atoms with Crippen LogP contribution in [0.25, 0.3) is 6.08 Å². The molecule has 3 aromatic carbocycles. The minimum absolute atomic E-state index is 0.303. The standard InChI is InChI=1S/C28H20F3N3O2S/c1-17-23(25(35)33-21-10-6-3-7-11-21)24(19-8-4-2-5-9-19)34-26(36)22(37-27(34)32-17)16-18-12-14-20(15-13-18)28(29,30)31/h2-16,24H,1H3,(H,33,35)/b22-16-/t24-/m0/s1. The Kier molecular flexibility index (Phi) is 6.39. The number of fused-ring (bicyclic) bond motifs is 1. The summed E-state index contributed by atoms with van der Waals surface area (Å²) in [5.74, 6) is -0.377. The number of alkyl halides is 3. The summed E-state index contributed by atoms with van der Waals surface area (Å²) >= 11 is 1.13. The van der Waals surface area contributed by atoms with Gasteiger partial charge in [0, 0.05) is 5.69 Å². The number of para-hydroxylation sites is 1. The highest BCUT2D eigenvalue weighted by Crippen LogP contribution is 2.31. The summed E-state index contributed by atoms with van der Waals surface area (Å²) < 4.78 is 40.6. The number of halogens is 3. The van der Waals surface area contributed by atoms with Crippen LogP contribution in [0, 0.1) is 0 Å². The van der Waals surface area contributed by atoms with Gasteiger partial charge in [-0.15, -0.1) is 0 Å². The normalized spacial score (nSPS) is 15.8. The zero-order valence-electron chi connectivity index (χ0n) is 19.5. The molecule has 0 radical (unpaired) electrons. The van der Waals surface area contributed by atoms with Gasteiger partial charge >= 0.3 is 6.18 Å². The molecule has 1 aromatic heterocycles. The van der Waals surface area contributed by atoms with Gasteiger partial charge in [0.25, 0.3) is 11.5 Å². The van der Waals surface area contributed by atoms with Crippen LogP contribution in [0.15, 0.2) is 106 Å². The molecule has 0 unspecified atom stereocenters. The van der Waals surface area contributed by atoms with Crippen molar-refractivity contribution >= 4 is 29.0 Å². The fourth-order valence-electron chi connectivity index (χ4n) is 4.20. The van der Waals surface area contributed by atoms with Crippen LogP contribution in [-0.2, 0) is 11.0 Å². The number of carbonyl (C=O) groups excluding carboxylic acids is 1. The number of rotatable bonds is 4. The highest BCUT2D eigenvalue weighted by molar-refractivity contribution is 7.07. The van der Waals surface area contributed by atoms with E-state index in [-0.39, 0.29) is 11.5 Å². The van der Waals surface area contributed by atoms with Crippen LogP contribution in [0.5, 0.6) is 0 Å². The predicted molar refractivity (Wildman–Crippen MR) is 137 cm³/mol. The van der Waals surface area contributed by atoms with E-state index >= 15 is 0 Å². The van der Waals surface area contributed by atoms with Crippen LogP contribution >= 0.6 is 11.3 Å². The van der Waals surface area contributed by atoms with Gasteiger partial charge in [0.15, 0.2) is 4.80 Å². The Morgan fingerprint density at radius 2 is 1.59 bits per heavy atom. The summed E-state index contributed by atoms with van der Waals surface area (Å²) in [5.41, 5.74) is 1.46. The van der Waals surface area contributed by atoms with E-state index in [2.05, 4.69) is 10.3 Å². The van der Waals surface area contributed by atoms with E-state index in [0.717, 1.165) is 29.0 Å². The Balaban J connectivity index is 1.62. The van der Waals surface area contributed by atoms with E-state index in [1.165, 1.54) is 22.8 Å². The van der Waals surface area contributed by atoms with Crippen molar-refractivity contribution in [1.29, 1.82) is 0 Å². The first-order valence-electron chi connectivity index (χ1n) is 11.3. The van der Waals surface area contributed by atoms with Crippen molar-refractivity contribution in [2.75, 3.05) is 5.32 Å². The summed E-state index contributed by atoms with van der Waals surface area (Å²) in [4.78, 5) is 32.0. The monoisotopic (exact) mass is 519 g/mol. The molecule has 1 amide bonds. The Morgan fingerprint density at radius 3 is 2.22 bits per heavy atom. The van der Waals surface area contributed by atoms with Crippen molar-refractivity contribution in [3.8, 4) is 0 Å². The average Bonchev–Trinajstić information content (AvgIpc) is 3.18. The van der Waals surface area contributed by atoms with Crippen LogP contribution in [0.4, 0.5) is 18.9 Å². The second kappa shape index (κ2) is 9.67. The van der Waals surface area contributed by atoms with Crippen molar-refractivity contribution in [3.63, 3.8) is 0 Å². The van der Waals surface area contributed by atoms with Gasteiger partial charge in [-0.25, -0.2) is 4.99 Å². The average molecular weight is 520 g/mol. The summed E-state index contributed by atoms with van der Waals surface area (Å²) in [6.45, 7) is 1.72. The van der Waals surface area contributed by atoms with Crippen LogP contribution in [0.2, 0.25) is 0 Å². The van der Waals surface area contributed by atoms with Crippen LogP contribution in [0.1, 0.15) is 29.7 Å². The van der Waals surface area contributed by atoms with E-state index in [1.54, 1.807) is 19.1 Å². The number of aromatic nitrogens is 1. The van der Waals surface area contributed by atoms with Gasteiger partial charge < -0.3 is 5.32 Å². The maximum Gasteiger partial charge on any atom is 0.416 e. The van der Waals surface area contributed by atoms with Gasteiger partial charge in [0.1, 0.15) is 0 Å². The predicted octanol–water partition coefficient (Wildman–Crippen LogP) is 4.89. The molecular formula is C28H20F3N3O2S. The molecule has 0 saturated carbocycles. The molecule has 0 saturated heterocycles. The van der Waals surface area contributed by atoms with Crippen molar-refractivity contribution in [2.24, 2.45) is 4.99 Å². The highest BCUT2D eigenvalue weighted by atomic mass is 32.1. The van der Waals surface area contributed by atoms with E-state index in [0.29, 0.717) is 31.9 Å². The summed E-state index contributed by atoms with van der Waals surface area (Å²) in [6.07, 6.45) is -2.91. The van der Waals surface area contributed by atoms with Gasteiger partial charge in [-0.2, -0.15) is 13.2 Å². The molecule has 5 nitrogen and oxygen atoms in total. The highest BCUT2D eigenvalue weighted by Gasteiger charge is 2.32. The Bertz CT molecular complexity index is 1670. The number of carbonyl (C=O) groups is 1. The quantitative estimate of drug-likeness (QED) is 0.417. The molecule has 37 heavy (non-hydrogen) atoms. The first kappa shape index (κ1) is 24.5. The molecule has 0 fully saturated rings. The number of allylic oxidation sites excluding steroid dienone is 1. The molecule has 0 bridgehead atoms. The molecule has 0 aliphatic carbocycles. The molecule has 186 valence electrons. The molecule has 1 aliphatic heterocycles. The third-order valence-corrected chi connectivity index (χ3v) is 6.93. The number of thiazole rings is 1. The molecule has 4 aromatic rings. The third kappa shape index (κ3) is 4.90. The lowest BCUT2D eigenvalue weighted by Crippen LogP contribution is -2.40. The third-order valence-electron chi connectivity index (χ3n) is 5.95. The smallest absolute Gasteiger partial charge is 0.322 e. The van der Waals surface area contributed by atoms with E-state index in [1.807, 2.05) is 48.5 Å². The summed E-state index contributed by atoms with van der Waals surface area (Å²) in [5, 5.41) is 2.89. The van der Waals surface area contributed by atoms with Crippen LogP contribution < -0.4 is 20.2 Å². The topological polar surface area (TPSA) is 63.5 Å². The number of nitrogens with zero attached hydrogens (tertiary/aromatic N) is 2. The first-order chi connectivity index (χ1) is 17.7. The zero-order valence-corrected chi connectivity index (χ0v) is 20.3. The molecule has 1 aliphatic rings. The molecular weight excluding hydrogens is 499 g/mol. The fourth-order valence-corrected chi connectivity index (χ4v) is 5.25. The first-order valence-corrected chi connectivity index (χ1v) is 12.2. The van der Waals surface area contributed by atoms with Crippen molar-refractivity contribution < 1.29 is 18.0 Å². The van der Waals surface area contributed by atoms with Gasteiger partial charge in [-0.1, -0.05) is 72.0 Å². The summed E-state index contributed by atoms with van der Waals surface area (Å²) in [6, 6.07) is 22.0. The Hall–Kier alpha value is -4.24. The molecule has 1 N–H and O–H groups in total. The second-order valence-electron chi connectivity index (χ2n) is 8.43. The number of benzene rings is 3. The molecule has 1 atom stereocenters. The van der Waals surface area contributed by atoms with Crippen LogP contribution in [0.3, 0.4) is 0 Å². The minimum Gasteiger partial charge on any atom is -0.322 e. The maximum absolute atomic E-state index is 13.6. The Labute approximate surface area is 213 Å². The lowest BCUT2D eigenvalue weighted by Gasteiger charge is -2.25. The van der Waals surface area contributed by atoms with E-state index < -0.39 is 17.8 Å². The largest absolute Gasteiger partial charge is 0.416 e. The van der Waals surface area contributed by atoms with Crippen LogP contribution in [-0.4, -0.2) is 10.5 Å². The number of amides is 1. The van der Waals surface area contributed by atoms with Crippen molar-refractivity contribution in [2.45, 2.75) is 19.1 Å². The van der Waals surface area contributed by atoms with E-state index in [9.17, 15) is 22.8 Å². The minimum atomic E-state index is -4.44. The van der Waals surface area contributed by atoms with Gasteiger partial charge in [0.05, 0.1) is 27.4 Å². The molecule has 5 rings (SSSR count). The summed E-state index contributed by atoms with van der Waals surface area (Å²) in [7, 11) is 0. The van der Waals surface area contributed by atoms with Crippen molar-refractivity contribution in [1.82, 2.24) is 4.57 Å². The fraction of sp³-hybridized carbons (Fsp3) is 0.107. The lowest BCUT2D eigenvalue weighted by molar-refractivity contribution is -0.137. The number of hydrogen-bond donors (Lipinski definition) is 1. The number of nitrogens with one attached hydrogen (secondary N) is 1. The number of anilines is 1. The SMILES string of the molecule is CC1=C(C(=O)Nc2ccccc2)[C@H](c2ccccc2)n2c(s/c(=C\c3ccc(C(F)(F)F)cc3)c2=O)=N1.